The molecule has 4 amide bonds. The van der Waals surface area contributed by atoms with Gasteiger partial charge in [-0.15, -0.1) is 0 Å². The third-order valence-corrected chi connectivity index (χ3v) is 9.79. The summed E-state index contributed by atoms with van der Waals surface area (Å²) in [5.41, 5.74) is 0. The number of thioether (sulfide) groups is 1. The molecule has 0 aromatic carbocycles. The average molecular weight is 597 g/mol. The molecule has 2 rings (SSSR count). The van der Waals surface area contributed by atoms with Crippen LogP contribution in [0.3, 0.4) is 0 Å². The molecule has 4 unspecified atom stereocenters. The second kappa shape index (κ2) is 19.7. The monoisotopic (exact) mass is 596 g/mol. The highest BCUT2D eigenvalue weighted by Gasteiger charge is 2.42. The zero-order valence-corrected chi connectivity index (χ0v) is 24.9. The van der Waals surface area contributed by atoms with Gasteiger partial charge in [-0.05, 0) is 51.9 Å². The number of unbranched alkanes of at least 4 members (excludes halogenated alkanes) is 7. The highest BCUT2D eigenvalue weighted by Crippen LogP contribution is 2.49. The van der Waals surface area contributed by atoms with Crippen molar-refractivity contribution in [1.82, 2.24) is 21.3 Å². The van der Waals surface area contributed by atoms with Gasteiger partial charge in [0.15, 0.2) is 0 Å². The molecule has 0 bridgehead atoms. The summed E-state index contributed by atoms with van der Waals surface area (Å²) in [7, 11) is -3.94. The summed E-state index contributed by atoms with van der Waals surface area (Å²) in [6.07, 6.45) is 8.06. The first-order valence-electron chi connectivity index (χ1n) is 16.5. The van der Waals surface area contributed by atoms with E-state index in [1.807, 2.05) is 11.8 Å². The van der Waals surface area contributed by atoms with Crippen LogP contribution in [0.4, 0.5) is 8.99 Å². The minimum absolute atomic E-state index is 0.0500. The van der Waals surface area contributed by atoms with Gasteiger partial charge in [0, 0.05) is 42.3 Å². The molecule has 2 aliphatic heterocycles. The van der Waals surface area contributed by atoms with Gasteiger partial charge in [0.2, 0.25) is 11.8 Å². The van der Waals surface area contributed by atoms with Crippen LogP contribution in [0, 0.1) is 0 Å². The van der Waals surface area contributed by atoms with Gasteiger partial charge in [-0.25, -0.2) is 4.79 Å². The Morgan fingerprint density at radius 1 is 0.949 bits per heavy atom. The molecule has 12 heteroatoms. The van der Waals surface area contributed by atoms with Gasteiger partial charge in [-0.3, -0.25) is 14.2 Å². The SMILES string of the molecule is [2H]C([2H])(CCCC([2H])([2H])NC(=O)CCCCC1SCC2NC(=O)NC21)NC(=O)CCCCCCCCCP(=O)(F)OCC. The van der Waals surface area contributed by atoms with Gasteiger partial charge < -0.3 is 25.8 Å². The Hall–Kier alpha value is -1.32. The fraction of sp³-hybridized carbons (Fsp3) is 0.889. The summed E-state index contributed by atoms with van der Waals surface area (Å²) in [5.74, 6) is 0.0983. The normalized spacial score (nSPS) is 23.8. The van der Waals surface area contributed by atoms with E-state index in [1.54, 1.807) is 6.92 Å². The Morgan fingerprint density at radius 2 is 1.51 bits per heavy atom. The van der Waals surface area contributed by atoms with E-state index >= 15 is 0 Å². The van der Waals surface area contributed by atoms with Crippen LogP contribution in [0.5, 0.6) is 0 Å². The number of amides is 4. The van der Waals surface area contributed by atoms with E-state index in [2.05, 4.69) is 25.8 Å². The minimum Gasteiger partial charge on any atom is -0.356 e. The molecule has 39 heavy (non-hydrogen) atoms. The molecule has 2 aliphatic rings. The maximum atomic E-state index is 13.5. The number of carbonyl (C=O) groups excluding carboxylic acids is 3. The molecule has 0 radical (unpaired) electrons. The van der Waals surface area contributed by atoms with Crippen molar-refractivity contribution in [3.05, 3.63) is 0 Å². The fourth-order valence-corrected chi connectivity index (χ4v) is 7.37. The number of halogens is 1. The van der Waals surface area contributed by atoms with Crippen LogP contribution in [0.15, 0.2) is 0 Å². The maximum Gasteiger partial charge on any atom is 0.367 e. The van der Waals surface area contributed by atoms with Gasteiger partial charge in [-0.1, -0.05) is 38.5 Å². The molecule has 4 atom stereocenters. The number of rotatable bonds is 23. The van der Waals surface area contributed by atoms with E-state index in [4.69, 9.17) is 5.48 Å². The van der Waals surface area contributed by atoms with Gasteiger partial charge >= 0.3 is 13.7 Å². The van der Waals surface area contributed by atoms with Crippen LogP contribution in [0.1, 0.15) is 109 Å². The summed E-state index contributed by atoms with van der Waals surface area (Å²) in [5, 5.41) is 10.9. The third kappa shape index (κ3) is 15.3. The second-order valence-corrected chi connectivity index (χ2v) is 13.3. The zero-order valence-electron chi connectivity index (χ0n) is 27.2. The summed E-state index contributed by atoms with van der Waals surface area (Å²) in [6.45, 7) is -2.23. The van der Waals surface area contributed by atoms with Crippen molar-refractivity contribution in [2.45, 2.75) is 121 Å². The highest BCUT2D eigenvalue weighted by atomic mass is 32.2. The second-order valence-electron chi connectivity index (χ2n) is 10.1. The van der Waals surface area contributed by atoms with E-state index in [0.29, 0.717) is 24.5 Å². The quantitative estimate of drug-likeness (QED) is 0.0708. The summed E-state index contributed by atoms with van der Waals surface area (Å²) in [4.78, 5) is 35.9. The van der Waals surface area contributed by atoms with Crippen LogP contribution in [0.2, 0.25) is 0 Å². The van der Waals surface area contributed by atoms with Crippen molar-refractivity contribution in [2.24, 2.45) is 0 Å². The van der Waals surface area contributed by atoms with Gasteiger partial charge in [0.25, 0.3) is 0 Å². The Balaban J connectivity index is 1.49. The van der Waals surface area contributed by atoms with Crippen molar-refractivity contribution in [3.63, 3.8) is 0 Å². The Kier molecular flexibility index (Phi) is 14.1. The maximum absolute atomic E-state index is 13.5. The topological polar surface area (TPSA) is 126 Å². The van der Waals surface area contributed by atoms with Crippen molar-refractivity contribution >= 4 is 37.3 Å². The van der Waals surface area contributed by atoms with Crippen LogP contribution < -0.4 is 21.3 Å². The van der Waals surface area contributed by atoms with Gasteiger partial charge in [0.1, 0.15) is 0 Å². The smallest absolute Gasteiger partial charge is 0.356 e. The molecule has 0 spiro atoms. The molecular formula is C27H50FN4O5PS. The lowest BCUT2D eigenvalue weighted by Crippen LogP contribution is -2.36. The highest BCUT2D eigenvalue weighted by molar-refractivity contribution is 8.00. The molecule has 2 fully saturated rings. The van der Waals surface area contributed by atoms with E-state index < -0.39 is 26.6 Å². The van der Waals surface area contributed by atoms with Crippen molar-refractivity contribution < 1.29 is 33.2 Å². The first-order chi connectivity index (χ1) is 20.2. The molecular weight excluding hydrogens is 542 g/mol. The van der Waals surface area contributed by atoms with E-state index in [-0.39, 0.29) is 68.9 Å². The lowest BCUT2D eigenvalue weighted by Gasteiger charge is -2.16. The van der Waals surface area contributed by atoms with Crippen molar-refractivity contribution in [1.29, 1.82) is 0 Å². The summed E-state index contributed by atoms with van der Waals surface area (Å²) < 4.78 is 61.8. The molecule has 0 aromatic heterocycles. The average Bonchev–Trinajstić information content (AvgIpc) is 3.43. The van der Waals surface area contributed by atoms with Gasteiger partial charge in [-0.2, -0.15) is 16.0 Å². The predicted octanol–water partition coefficient (Wildman–Crippen LogP) is 5.43. The first kappa shape index (κ1) is 27.8. The Bertz CT molecular complexity index is 955. The van der Waals surface area contributed by atoms with E-state index in [0.717, 1.165) is 50.7 Å². The molecule has 0 aromatic rings. The molecule has 9 nitrogen and oxygen atoms in total. The van der Waals surface area contributed by atoms with E-state index in [1.165, 1.54) is 0 Å². The largest absolute Gasteiger partial charge is 0.367 e. The number of fused-ring (bicyclic) bond motifs is 1. The number of urea groups is 1. The van der Waals surface area contributed by atoms with Crippen molar-refractivity contribution in [3.8, 4) is 0 Å². The molecule has 226 valence electrons. The third-order valence-electron chi connectivity index (χ3n) is 6.79. The molecule has 0 aliphatic carbocycles. The predicted molar refractivity (Wildman–Crippen MR) is 156 cm³/mol. The zero-order chi connectivity index (χ0) is 31.9. The van der Waals surface area contributed by atoms with E-state index in [9.17, 15) is 23.1 Å². The lowest BCUT2D eigenvalue weighted by atomic mass is 10.0. The van der Waals surface area contributed by atoms with Crippen LogP contribution in [-0.4, -0.2) is 66.7 Å². The van der Waals surface area contributed by atoms with Gasteiger partial charge in [0.05, 0.1) is 24.9 Å². The number of nitrogens with one attached hydrogen (secondary N) is 4. The number of hydrogen-bond acceptors (Lipinski definition) is 6. The van der Waals surface area contributed by atoms with Crippen LogP contribution in [-0.2, 0) is 18.7 Å². The van der Waals surface area contributed by atoms with Crippen LogP contribution in [0.25, 0.3) is 0 Å². The Morgan fingerprint density at radius 3 is 2.15 bits per heavy atom. The standard InChI is InChI=1S/C27H50FN4O5PS/c1-2-37-38(28,36)20-14-7-5-3-4-6-9-16-24(33)29-18-12-8-13-19-30-25(34)17-11-10-15-23-26-22(21-39-23)31-27(35)32-26/h22-23,26H,2-21H2,1H3,(H,29,33)(H,30,34)(H2,31,32,35)/i18D2,19D2. The Labute approximate surface area is 243 Å². The minimum atomic E-state index is -3.94. The molecule has 0 saturated carbocycles. The molecule has 2 heterocycles. The first-order valence-corrected chi connectivity index (χ1v) is 17.2. The summed E-state index contributed by atoms with van der Waals surface area (Å²) in [6, 6.07) is 0.162. The number of hydrogen-bond donors (Lipinski definition) is 4. The fourth-order valence-electron chi connectivity index (χ4n) is 4.71. The lowest BCUT2D eigenvalue weighted by molar-refractivity contribution is -0.121. The molecule has 2 saturated heterocycles. The molecule has 4 N–H and O–H groups in total. The summed E-state index contributed by atoms with van der Waals surface area (Å²) >= 11 is 1.82. The van der Waals surface area contributed by atoms with Crippen LogP contribution >= 0.6 is 19.4 Å². The number of carbonyl (C=O) groups is 3. The van der Waals surface area contributed by atoms with Crippen molar-refractivity contribution in [2.75, 3.05) is 31.5 Å².